The first-order valence-electron chi connectivity index (χ1n) is 5.52. The quantitative estimate of drug-likeness (QED) is 0.782. The molecule has 0 atom stereocenters. The predicted octanol–water partition coefficient (Wildman–Crippen LogP) is 4.16. The lowest BCUT2D eigenvalue weighted by Gasteiger charge is -2.24. The number of rotatable bonds is 2. The van der Waals surface area contributed by atoms with Crippen LogP contribution in [0.5, 0.6) is 0 Å². The van der Waals surface area contributed by atoms with E-state index in [1.807, 2.05) is 0 Å². The third kappa shape index (κ3) is 6.91. The highest BCUT2D eigenvalue weighted by atomic mass is 35.5. The van der Waals surface area contributed by atoms with E-state index in [1.54, 1.807) is 0 Å². The van der Waals surface area contributed by atoms with Gasteiger partial charge in [-0.1, -0.05) is 40.0 Å². The van der Waals surface area contributed by atoms with Crippen molar-refractivity contribution in [2.45, 2.75) is 59.3 Å². The van der Waals surface area contributed by atoms with Crippen LogP contribution in [-0.4, -0.2) is 5.78 Å². The SMILES string of the molecule is CC(C)(C)CC(=O)C1CCCCC1.Cl.N. The van der Waals surface area contributed by atoms with Gasteiger partial charge in [-0.15, -0.1) is 12.4 Å². The molecule has 2 nitrogen and oxygen atoms in total. The van der Waals surface area contributed by atoms with E-state index in [-0.39, 0.29) is 24.0 Å². The molecule has 0 aromatic carbocycles. The van der Waals surface area contributed by atoms with Gasteiger partial charge in [-0.2, -0.15) is 0 Å². The maximum absolute atomic E-state index is 11.8. The molecule has 1 aliphatic carbocycles. The molecular weight excluding hydrogens is 210 g/mol. The molecule has 3 heteroatoms. The minimum absolute atomic E-state index is 0. The topological polar surface area (TPSA) is 52.1 Å². The van der Waals surface area contributed by atoms with E-state index in [9.17, 15) is 4.79 Å². The van der Waals surface area contributed by atoms with Crippen LogP contribution in [0.1, 0.15) is 59.3 Å². The number of hydrogen-bond donors (Lipinski definition) is 1. The summed E-state index contributed by atoms with van der Waals surface area (Å²) in [4.78, 5) is 11.8. The number of ketones is 1. The van der Waals surface area contributed by atoms with Crippen molar-refractivity contribution >= 4 is 18.2 Å². The predicted molar refractivity (Wildman–Crippen MR) is 67.9 cm³/mol. The largest absolute Gasteiger partial charge is 0.344 e. The van der Waals surface area contributed by atoms with Crippen LogP contribution in [0, 0.1) is 11.3 Å². The van der Waals surface area contributed by atoms with E-state index in [0.29, 0.717) is 11.7 Å². The molecule has 0 heterocycles. The number of halogens is 1. The highest BCUT2D eigenvalue weighted by molar-refractivity contribution is 5.85. The summed E-state index contributed by atoms with van der Waals surface area (Å²) in [5, 5.41) is 0. The Morgan fingerprint density at radius 1 is 1.13 bits per heavy atom. The average Bonchev–Trinajstić information content (AvgIpc) is 2.03. The third-order valence-corrected chi connectivity index (χ3v) is 2.77. The molecule has 1 aliphatic rings. The van der Waals surface area contributed by atoms with Crippen molar-refractivity contribution in [1.82, 2.24) is 6.15 Å². The fraction of sp³-hybridized carbons (Fsp3) is 0.917. The molecule has 0 bridgehead atoms. The van der Waals surface area contributed by atoms with Crippen LogP contribution in [-0.2, 0) is 4.79 Å². The van der Waals surface area contributed by atoms with Crippen molar-refractivity contribution in [1.29, 1.82) is 0 Å². The fourth-order valence-corrected chi connectivity index (χ4v) is 2.09. The lowest BCUT2D eigenvalue weighted by Crippen LogP contribution is -2.22. The minimum Gasteiger partial charge on any atom is -0.344 e. The average molecular weight is 236 g/mol. The third-order valence-electron chi connectivity index (χ3n) is 2.77. The molecule has 0 aliphatic heterocycles. The molecule has 0 spiro atoms. The Balaban J connectivity index is 0. The highest BCUT2D eigenvalue weighted by Crippen LogP contribution is 2.29. The van der Waals surface area contributed by atoms with Crippen molar-refractivity contribution in [3.8, 4) is 0 Å². The second kappa shape index (κ2) is 7.24. The second-order valence-corrected chi connectivity index (χ2v) is 5.54. The van der Waals surface area contributed by atoms with Gasteiger partial charge in [0.1, 0.15) is 5.78 Å². The summed E-state index contributed by atoms with van der Waals surface area (Å²) in [5.41, 5.74) is 0.175. The summed E-state index contributed by atoms with van der Waals surface area (Å²) in [6.45, 7) is 6.44. The smallest absolute Gasteiger partial charge is 0.136 e. The Kier molecular flexibility index (Phi) is 8.35. The molecule has 1 saturated carbocycles. The van der Waals surface area contributed by atoms with Crippen molar-refractivity contribution in [2.24, 2.45) is 11.3 Å². The van der Waals surface area contributed by atoms with E-state index in [2.05, 4.69) is 20.8 Å². The van der Waals surface area contributed by atoms with Gasteiger partial charge in [0.05, 0.1) is 0 Å². The van der Waals surface area contributed by atoms with Crippen LogP contribution in [0.2, 0.25) is 0 Å². The van der Waals surface area contributed by atoms with Crippen LogP contribution in [0.25, 0.3) is 0 Å². The normalized spacial score (nSPS) is 17.5. The zero-order valence-corrected chi connectivity index (χ0v) is 11.2. The van der Waals surface area contributed by atoms with Crippen LogP contribution in [0.4, 0.5) is 0 Å². The van der Waals surface area contributed by atoms with Crippen molar-refractivity contribution in [2.75, 3.05) is 0 Å². The maximum atomic E-state index is 11.8. The second-order valence-electron chi connectivity index (χ2n) is 5.54. The molecule has 92 valence electrons. The standard InChI is InChI=1S/C12H22O.ClH.H3N/c1-12(2,3)9-11(13)10-7-5-4-6-8-10;;/h10H,4-9H2,1-3H3;1H;1H3. The maximum Gasteiger partial charge on any atom is 0.136 e. The number of carbonyl (C=O) groups excluding carboxylic acids is 1. The Labute approximate surface area is 100 Å². The zero-order chi connectivity index (χ0) is 9.90. The van der Waals surface area contributed by atoms with Crippen LogP contribution in [0.15, 0.2) is 0 Å². The zero-order valence-electron chi connectivity index (χ0n) is 10.3. The first-order valence-corrected chi connectivity index (χ1v) is 5.52. The molecule has 0 radical (unpaired) electrons. The van der Waals surface area contributed by atoms with Gasteiger partial charge < -0.3 is 6.15 Å². The van der Waals surface area contributed by atoms with Crippen LogP contribution in [0.3, 0.4) is 0 Å². The lowest BCUT2D eigenvalue weighted by molar-refractivity contribution is -0.125. The monoisotopic (exact) mass is 235 g/mol. The van der Waals surface area contributed by atoms with Crippen molar-refractivity contribution < 1.29 is 4.79 Å². The van der Waals surface area contributed by atoms with E-state index in [4.69, 9.17) is 0 Å². The molecule has 0 unspecified atom stereocenters. The molecule has 0 aromatic heterocycles. The molecule has 1 fully saturated rings. The van der Waals surface area contributed by atoms with Gasteiger partial charge in [-0.25, -0.2) is 0 Å². The Hall–Kier alpha value is -0.0800. The van der Waals surface area contributed by atoms with Gasteiger partial charge in [0.25, 0.3) is 0 Å². The van der Waals surface area contributed by atoms with E-state index < -0.39 is 0 Å². The molecule has 0 amide bonds. The molecule has 0 aromatic rings. The Bertz CT molecular complexity index is 181. The van der Waals surface area contributed by atoms with Gasteiger partial charge in [0, 0.05) is 12.3 Å². The van der Waals surface area contributed by atoms with Crippen molar-refractivity contribution in [3.63, 3.8) is 0 Å². The fourth-order valence-electron chi connectivity index (χ4n) is 2.09. The molecule has 3 N–H and O–H groups in total. The summed E-state index contributed by atoms with van der Waals surface area (Å²) in [5.74, 6) is 0.903. The van der Waals surface area contributed by atoms with Gasteiger partial charge in [0.15, 0.2) is 0 Å². The van der Waals surface area contributed by atoms with Crippen LogP contribution < -0.4 is 6.15 Å². The Morgan fingerprint density at radius 2 is 1.60 bits per heavy atom. The van der Waals surface area contributed by atoms with Gasteiger partial charge in [-0.05, 0) is 18.3 Å². The van der Waals surface area contributed by atoms with Gasteiger partial charge >= 0.3 is 0 Å². The van der Waals surface area contributed by atoms with Gasteiger partial charge in [-0.3, -0.25) is 4.79 Å². The summed E-state index contributed by atoms with van der Waals surface area (Å²) in [7, 11) is 0. The number of carbonyl (C=O) groups is 1. The molecule has 1 rings (SSSR count). The first kappa shape index (κ1) is 17.3. The van der Waals surface area contributed by atoms with E-state index >= 15 is 0 Å². The summed E-state index contributed by atoms with van der Waals surface area (Å²) in [6.07, 6.45) is 6.92. The molecular formula is C12H26ClNO. The first-order chi connectivity index (χ1) is 5.99. The molecule has 0 saturated heterocycles. The summed E-state index contributed by atoms with van der Waals surface area (Å²) >= 11 is 0. The Morgan fingerprint density at radius 3 is 2.00 bits per heavy atom. The van der Waals surface area contributed by atoms with Crippen molar-refractivity contribution in [3.05, 3.63) is 0 Å². The van der Waals surface area contributed by atoms with E-state index in [0.717, 1.165) is 19.3 Å². The highest BCUT2D eigenvalue weighted by Gasteiger charge is 2.24. The van der Waals surface area contributed by atoms with Crippen LogP contribution >= 0.6 is 12.4 Å². The summed E-state index contributed by atoms with van der Waals surface area (Å²) < 4.78 is 0. The van der Waals surface area contributed by atoms with Gasteiger partial charge in [0.2, 0.25) is 0 Å². The minimum atomic E-state index is 0. The summed E-state index contributed by atoms with van der Waals surface area (Å²) in [6, 6.07) is 0. The molecule has 15 heavy (non-hydrogen) atoms. The van der Waals surface area contributed by atoms with E-state index in [1.165, 1.54) is 19.3 Å². The number of hydrogen-bond acceptors (Lipinski definition) is 2. The number of Topliss-reactive ketones (excluding diaryl/α,β-unsaturated/α-hetero) is 1. The lowest BCUT2D eigenvalue weighted by atomic mass is 9.80.